The highest BCUT2D eigenvalue weighted by Crippen LogP contribution is 2.25. The number of aliphatic hydroxyl groups is 1. The van der Waals surface area contributed by atoms with Gasteiger partial charge >= 0.3 is 0 Å². The summed E-state index contributed by atoms with van der Waals surface area (Å²) < 4.78 is 65.2. The van der Waals surface area contributed by atoms with Gasteiger partial charge in [-0.05, 0) is 11.5 Å². The van der Waals surface area contributed by atoms with Crippen molar-refractivity contribution in [2.75, 3.05) is 13.2 Å². The Balaban J connectivity index is 2.10. The fourth-order valence-corrected chi connectivity index (χ4v) is 1.72. The van der Waals surface area contributed by atoms with Gasteiger partial charge in [0.15, 0.2) is 0 Å². The third kappa shape index (κ3) is 3.94. The lowest BCUT2D eigenvalue weighted by Crippen LogP contribution is -2.35. The molecule has 0 aliphatic rings. The van der Waals surface area contributed by atoms with Crippen LogP contribution in [-0.2, 0) is 0 Å². The minimum Gasteiger partial charge on any atom is -0.490 e. The molecule has 19 heavy (non-hydrogen) atoms. The van der Waals surface area contributed by atoms with E-state index in [9.17, 15) is 5.11 Å². The molecule has 3 heteroatoms. The molecule has 2 aromatic carbocycles. The van der Waals surface area contributed by atoms with E-state index >= 15 is 0 Å². The summed E-state index contributed by atoms with van der Waals surface area (Å²) in [5, 5.41) is 13.9. The van der Waals surface area contributed by atoms with Crippen molar-refractivity contribution in [3.8, 4) is 5.75 Å². The van der Waals surface area contributed by atoms with Gasteiger partial charge in [0.1, 0.15) is 18.4 Å². The second-order valence-corrected chi connectivity index (χ2v) is 4.06. The summed E-state index contributed by atoms with van der Waals surface area (Å²) in [6.45, 7) is -7.71. The SMILES string of the molecule is [2H]C(O)(CNC([2H])(C([2H])([2H])[2H])C([2H])([2H])[2H])COc1cccc2ccccc12. The molecule has 0 aliphatic carbocycles. The molecule has 0 bridgehead atoms. The van der Waals surface area contributed by atoms with E-state index < -0.39 is 39.0 Å². The van der Waals surface area contributed by atoms with Gasteiger partial charge in [-0.15, -0.1) is 0 Å². The fourth-order valence-electron chi connectivity index (χ4n) is 1.72. The quantitative estimate of drug-likeness (QED) is 0.845. The molecular formula is C16H21NO2. The molecule has 0 fully saturated rings. The Morgan fingerprint density at radius 2 is 2.05 bits per heavy atom. The Bertz CT molecular complexity index is 769. The van der Waals surface area contributed by atoms with E-state index in [1.54, 1.807) is 12.1 Å². The average molecular weight is 267 g/mol. The van der Waals surface area contributed by atoms with Crippen molar-refractivity contribution < 1.29 is 20.8 Å². The Morgan fingerprint density at radius 1 is 1.26 bits per heavy atom. The number of nitrogens with one attached hydrogen (secondary N) is 1. The molecule has 1 atom stereocenters. The average Bonchev–Trinajstić information content (AvgIpc) is 2.56. The lowest BCUT2D eigenvalue weighted by Gasteiger charge is -2.15. The second kappa shape index (κ2) is 6.55. The number of fused-ring (bicyclic) bond motifs is 1. The number of hydrogen-bond acceptors (Lipinski definition) is 3. The van der Waals surface area contributed by atoms with Gasteiger partial charge in [-0.1, -0.05) is 50.1 Å². The molecule has 102 valence electrons. The third-order valence-electron chi connectivity index (χ3n) is 2.61. The molecule has 0 aliphatic heterocycles. The molecule has 3 nitrogen and oxygen atoms in total. The second-order valence-electron chi connectivity index (χ2n) is 4.06. The molecule has 0 saturated heterocycles. The van der Waals surface area contributed by atoms with Crippen LogP contribution in [0.4, 0.5) is 0 Å². The van der Waals surface area contributed by atoms with Crippen LogP contribution in [0.25, 0.3) is 10.8 Å². The summed E-state index contributed by atoms with van der Waals surface area (Å²) in [7, 11) is 0. The molecule has 2 N–H and O–H groups in total. The van der Waals surface area contributed by atoms with E-state index in [1.807, 2.05) is 35.6 Å². The summed E-state index contributed by atoms with van der Waals surface area (Å²) in [5.74, 6) is 0.419. The van der Waals surface area contributed by atoms with Gasteiger partial charge in [-0.3, -0.25) is 0 Å². The molecular weight excluding hydrogens is 238 g/mol. The molecule has 2 aromatic rings. The number of rotatable bonds is 6. The van der Waals surface area contributed by atoms with E-state index in [4.69, 9.17) is 15.7 Å². The van der Waals surface area contributed by atoms with Crippen molar-refractivity contribution >= 4 is 10.8 Å². The zero-order valence-electron chi connectivity index (χ0n) is 18.3. The van der Waals surface area contributed by atoms with Crippen LogP contribution in [0.2, 0.25) is 0 Å². The van der Waals surface area contributed by atoms with Crippen LogP contribution >= 0.6 is 0 Å². The van der Waals surface area contributed by atoms with Gasteiger partial charge in [0.25, 0.3) is 0 Å². The zero-order valence-corrected chi connectivity index (χ0v) is 10.3. The Labute approximate surface area is 125 Å². The summed E-state index contributed by atoms with van der Waals surface area (Å²) >= 11 is 0. The van der Waals surface area contributed by atoms with Crippen LogP contribution in [-0.4, -0.2) is 30.4 Å². The Kier molecular flexibility index (Phi) is 2.32. The van der Waals surface area contributed by atoms with E-state index in [2.05, 4.69) is 0 Å². The van der Waals surface area contributed by atoms with E-state index in [-0.39, 0.29) is 0 Å². The van der Waals surface area contributed by atoms with Crippen LogP contribution in [0.5, 0.6) is 5.75 Å². The number of ether oxygens (including phenoxy) is 1. The van der Waals surface area contributed by atoms with Crippen molar-refractivity contribution in [1.82, 2.24) is 5.32 Å². The van der Waals surface area contributed by atoms with Crippen molar-refractivity contribution in [2.45, 2.75) is 25.8 Å². The van der Waals surface area contributed by atoms with E-state index in [1.165, 1.54) is 0 Å². The summed E-state index contributed by atoms with van der Waals surface area (Å²) in [5.41, 5.74) is 0. The monoisotopic (exact) mass is 267 g/mol. The lowest BCUT2D eigenvalue weighted by atomic mass is 10.1. The maximum absolute atomic E-state index is 10.2. The summed E-state index contributed by atoms with van der Waals surface area (Å²) in [6, 6.07) is 9.61. The van der Waals surface area contributed by atoms with Crippen LogP contribution < -0.4 is 10.1 Å². The Morgan fingerprint density at radius 3 is 2.89 bits per heavy atom. The first-order valence-electron chi connectivity index (χ1n) is 9.85. The first-order chi connectivity index (χ1) is 12.3. The van der Waals surface area contributed by atoms with Crippen LogP contribution in [0.1, 0.15) is 24.7 Å². The highest BCUT2D eigenvalue weighted by Gasteiger charge is 2.07. The van der Waals surface area contributed by atoms with Gasteiger partial charge in [0.05, 0.1) is 1.37 Å². The van der Waals surface area contributed by atoms with Crippen LogP contribution in [0.15, 0.2) is 42.5 Å². The van der Waals surface area contributed by atoms with Gasteiger partial charge < -0.3 is 15.2 Å². The Hall–Kier alpha value is -1.58. The van der Waals surface area contributed by atoms with E-state index in [0.29, 0.717) is 5.75 Å². The predicted molar refractivity (Wildman–Crippen MR) is 78.6 cm³/mol. The molecule has 0 radical (unpaired) electrons. The van der Waals surface area contributed by atoms with E-state index in [0.717, 1.165) is 10.8 Å². The smallest absolute Gasteiger partial charge is 0.127 e. The summed E-state index contributed by atoms with van der Waals surface area (Å²) in [6.07, 6.45) is -2.35. The number of hydrogen-bond donors (Lipinski definition) is 2. The molecule has 0 spiro atoms. The predicted octanol–water partition coefficient (Wildman–Crippen LogP) is 2.58. The van der Waals surface area contributed by atoms with Crippen molar-refractivity contribution in [1.29, 1.82) is 0 Å². The maximum atomic E-state index is 10.2. The fraction of sp³-hybridized carbons (Fsp3) is 0.375. The zero-order chi connectivity index (χ0) is 20.5. The van der Waals surface area contributed by atoms with Gasteiger partial charge in [0, 0.05) is 27.5 Å². The lowest BCUT2D eigenvalue weighted by molar-refractivity contribution is 0.105. The van der Waals surface area contributed by atoms with Crippen molar-refractivity contribution in [2.24, 2.45) is 0 Å². The normalized spacial score (nSPS) is 22.6. The standard InChI is InChI=1S/C16H21NO2/c1-12(2)17-10-14(18)11-19-16-9-5-7-13-6-3-4-8-15(13)16/h3-9,12,14,17-18H,10-11H2,1-2H3/i1D3,2D3,12D,14D. The minimum atomic E-state index is -3.19. The molecule has 0 amide bonds. The first kappa shape index (κ1) is 6.73. The third-order valence-corrected chi connectivity index (χ3v) is 2.61. The molecule has 2 rings (SSSR count). The maximum Gasteiger partial charge on any atom is 0.127 e. The largest absolute Gasteiger partial charge is 0.490 e. The molecule has 1 unspecified atom stereocenters. The first-order valence-corrected chi connectivity index (χ1v) is 5.85. The number of benzene rings is 2. The molecule has 0 aromatic heterocycles. The topological polar surface area (TPSA) is 41.5 Å². The van der Waals surface area contributed by atoms with Gasteiger partial charge in [0.2, 0.25) is 0 Å². The van der Waals surface area contributed by atoms with Crippen LogP contribution in [0.3, 0.4) is 0 Å². The highest BCUT2D eigenvalue weighted by atomic mass is 16.5. The molecule has 0 heterocycles. The minimum absolute atomic E-state index is 0.419. The van der Waals surface area contributed by atoms with Crippen molar-refractivity contribution in [3.63, 3.8) is 0 Å². The van der Waals surface area contributed by atoms with Gasteiger partial charge in [-0.2, -0.15) is 0 Å². The highest BCUT2D eigenvalue weighted by molar-refractivity contribution is 5.88. The molecule has 0 saturated carbocycles. The van der Waals surface area contributed by atoms with Gasteiger partial charge in [-0.25, -0.2) is 0 Å². The van der Waals surface area contributed by atoms with Crippen LogP contribution in [0, 0.1) is 0 Å². The van der Waals surface area contributed by atoms with Crippen molar-refractivity contribution in [3.05, 3.63) is 42.5 Å². The summed E-state index contributed by atoms with van der Waals surface area (Å²) in [4.78, 5) is 0.